The first-order valence-corrected chi connectivity index (χ1v) is 9.40. The number of hydrogen-bond donors (Lipinski definition) is 2. The van der Waals surface area contributed by atoms with Crippen LogP contribution in [0, 0.1) is 0 Å². The highest BCUT2D eigenvalue weighted by molar-refractivity contribution is 8.18. The average Bonchev–Trinajstić information content (AvgIpc) is 2.81. The molecular weight excluding hydrogens is 364 g/mol. The van der Waals surface area contributed by atoms with Gasteiger partial charge in [0.2, 0.25) is 0 Å². The summed E-state index contributed by atoms with van der Waals surface area (Å²) in [7, 11) is 4.57. The van der Waals surface area contributed by atoms with Gasteiger partial charge in [-0.2, -0.15) is 0 Å². The molecule has 2 bridgehead atoms. The zero-order valence-electron chi connectivity index (χ0n) is 14.1. The molecule has 2 amide bonds. The van der Waals surface area contributed by atoms with E-state index in [-0.39, 0.29) is 16.4 Å². The van der Waals surface area contributed by atoms with Crippen molar-refractivity contribution in [3.63, 3.8) is 0 Å². The fourth-order valence-corrected chi connectivity index (χ4v) is 6.64. The van der Waals surface area contributed by atoms with Crippen molar-refractivity contribution in [1.29, 1.82) is 0 Å². The number of benzene rings is 1. The van der Waals surface area contributed by atoms with Crippen molar-refractivity contribution in [2.24, 2.45) is 0 Å². The van der Waals surface area contributed by atoms with Crippen LogP contribution in [-0.2, 0) is 9.59 Å². The van der Waals surface area contributed by atoms with Gasteiger partial charge in [-0.15, -0.1) is 23.5 Å². The molecule has 3 fully saturated rings. The summed E-state index contributed by atoms with van der Waals surface area (Å²) in [5.41, 5.74) is 0.873. The van der Waals surface area contributed by atoms with Gasteiger partial charge in [0.25, 0.3) is 11.8 Å². The molecule has 9 heteroatoms. The molecule has 0 aliphatic carbocycles. The molecule has 1 aromatic rings. The molecule has 4 rings (SSSR count). The molecular formula is C16H20N2O5S2. The third kappa shape index (κ3) is 2.44. The summed E-state index contributed by atoms with van der Waals surface area (Å²) in [6, 6.07) is 7.33. The summed E-state index contributed by atoms with van der Waals surface area (Å²) in [4.78, 5) is 25.7. The summed E-state index contributed by atoms with van der Waals surface area (Å²) in [6.07, 6.45) is 0. The minimum atomic E-state index is -1.40. The number of fused-ring (bicyclic) bond motifs is 4. The summed E-state index contributed by atoms with van der Waals surface area (Å²) < 4.78 is 4.84. The van der Waals surface area contributed by atoms with Gasteiger partial charge in [-0.25, -0.2) is 0 Å². The Kier molecular flexibility index (Phi) is 4.69. The highest BCUT2D eigenvalue weighted by Gasteiger charge is 2.66. The number of hydrogen-bond acceptors (Lipinski definition) is 7. The van der Waals surface area contributed by atoms with Gasteiger partial charge in [0.1, 0.15) is 5.75 Å². The molecule has 3 heterocycles. The summed E-state index contributed by atoms with van der Waals surface area (Å²) in [5, 5.41) is 20.0. The third-order valence-corrected chi connectivity index (χ3v) is 8.27. The standard InChI is InChI=1S/C16H20N2O5S2/c1-17-13(21)16(9-20)18(2)14(22)15(17,8-19)24-12(25-16)10-4-6-11(23-3)7-5-10/h4-7,12,19-20H,8-9H2,1-3H3. The van der Waals surface area contributed by atoms with Crippen LogP contribution in [0.1, 0.15) is 10.1 Å². The zero-order chi connectivity index (χ0) is 18.4. The van der Waals surface area contributed by atoms with Crippen molar-refractivity contribution < 1.29 is 24.5 Å². The predicted octanol–water partition coefficient (Wildman–Crippen LogP) is 0.481. The van der Waals surface area contributed by atoms with Crippen LogP contribution >= 0.6 is 23.5 Å². The minimum Gasteiger partial charge on any atom is -0.497 e. The number of aliphatic hydroxyl groups excluding tert-OH is 2. The van der Waals surface area contributed by atoms with Crippen LogP contribution < -0.4 is 4.74 Å². The van der Waals surface area contributed by atoms with Gasteiger partial charge in [-0.05, 0) is 17.7 Å². The Morgan fingerprint density at radius 2 is 1.44 bits per heavy atom. The van der Waals surface area contributed by atoms with Crippen molar-refractivity contribution in [3.05, 3.63) is 29.8 Å². The fourth-order valence-electron chi connectivity index (χ4n) is 3.10. The lowest BCUT2D eigenvalue weighted by Gasteiger charge is -2.50. The van der Waals surface area contributed by atoms with Crippen LogP contribution in [-0.4, -0.2) is 76.0 Å². The Labute approximate surface area is 154 Å². The normalized spacial score (nSPS) is 32.1. The van der Waals surface area contributed by atoms with E-state index in [9.17, 15) is 19.8 Å². The van der Waals surface area contributed by atoms with E-state index in [2.05, 4.69) is 0 Å². The number of carbonyl (C=O) groups excluding carboxylic acids is 2. The summed E-state index contributed by atoms with van der Waals surface area (Å²) in [6.45, 7) is -1.00. The molecule has 3 saturated heterocycles. The van der Waals surface area contributed by atoms with Gasteiger partial charge in [0.05, 0.1) is 24.9 Å². The number of ether oxygens (including phenoxy) is 1. The first kappa shape index (κ1) is 18.4. The number of thioether (sulfide) groups is 2. The van der Waals surface area contributed by atoms with Crippen LogP contribution in [0.25, 0.3) is 0 Å². The monoisotopic (exact) mass is 384 g/mol. The molecule has 136 valence electrons. The van der Waals surface area contributed by atoms with E-state index in [1.165, 1.54) is 47.4 Å². The Morgan fingerprint density at radius 1 is 1.00 bits per heavy atom. The lowest BCUT2D eigenvalue weighted by molar-refractivity contribution is -0.166. The quantitative estimate of drug-likeness (QED) is 0.780. The number of methoxy groups -OCH3 is 1. The Bertz CT molecular complexity index is 664. The number of aliphatic hydroxyl groups is 2. The van der Waals surface area contributed by atoms with Gasteiger partial charge in [0.15, 0.2) is 9.74 Å². The number of likely N-dealkylation sites (N-methyl/N-ethyl adjacent to an activating group) is 2. The number of nitrogens with zero attached hydrogens (tertiary/aromatic N) is 2. The minimum absolute atomic E-state index is 0.326. The molecule has 0 spiro atoms. The Balaban J connectivity index is 2.12. The highest BCUT2D eigenvalue weighted by atomic mass is 32.2. The van der Waals surface area contributed by atoms with Crippen LogP contribution in [0.15, 0.2) is 24.3 Å². The third-order valence-electron chi connectivity index (χ3n) is 4.78. The van der Waals surface area contributed by atoms with Crippen molar-refractivity contribution in [1.82, 2.24) is 9.80 Å². The van der Waals surface area contributed by atoms with Crippen molar-refractivity contribution in [2.45, 2.75) is 14.3 Å². The van der Waals surface area contributed by atoms with E-state index in [1.54, 1.807) is 19.2 Å². The van der Waals surface area contributed by atoms with Gasteiger partial charge >= 0.3 is 0 Å². The van der Waals surface area contributed by atoms with Gasteiger partial charge in [0, 0.05) is 14.1 Å². The van der Waals surface area contributed by atoms with Gasteiger partial charge in [-0.3, -0.25) is 9.59 Å². The molecule has 0 saturated carbocycles. The summed E-state index contributed by atoms with van der Waals surface area (Å²) >= 11 is 2.44. The van der Waals surface area contributed by atoms with Crippen LogP contribution in [0.4, 0.5) is 0 Å². The first-order chi connectivity index (χ1) is 11.9. The van der Waals surface area contributed by atoms with Crippen LogP contribution in [0.3, 0.4) is 0 Å². The lowest BCUT2D eigenvalue weighted by atomic mass is 10.1. The maximum atomic E-state index is 13.0. The molecule has 0 aromatic heterocycles. The number of carbonyl (C=O) groups is 2. The number of rotatable bonds is 4. The Hall–Kier alpha value is -1.42. The maximum absolute atomic E-state index is 13.0. The second kappa shape index (κ2) is 6.39. The van der Waals surface area contributed by atoms with Crippen LogP contribution in [0.2, 0.25) is 0 Å². The smallest absolute Gasteiger partial charge is 0.262 e. The van der Waals surface area contributed by atoms with E-state index in [0.29, 0.717) is 5.75 Å². The molecule has 1 aromatic carbocycles. The van der Waals surface area contributed by atoms with E-state index in [4.69, 9.17) is 4.74 Å². The molecule has 25 heavy (non-hydrogen) atoms. The molecule has 7 nitrogen and oxygen atoms in total. The molecule has 2 N–H and O–H groups in total. The number of amides is 2. The molecule has 2 atom stereocenters. The second-order valence-electron chi connectivity index (χ2n) is 5.95. The maximum Gasteiger partial charge on any atom is 0.262 e. The largest absolute Gasteiger partial charge is 0.497 e. The Morgan fingerprint density at radius 3 is 1.80 bits per heavy atom. The van der Waals surface area contributed by atoms with Gasteiger partial charge in [-0.1, -0.05) is 12.1 Å². The van der Waals surface area contributed by atoms with Crippen molar-refractivity contribution >= 4 is 35.3 Å². The van der Waals surface area contributed by atoms with E-state index in [1.807, 2.05) is 12.1 Å². The fraction of sp³-hybridized carbons (Fsp3) is 0.500. The van der Waals surface area contributed by atoms with Crippen LogP contribution in [0.5, 0.6) is 5.75 Å². The predicted molar refractivity (Wildman–Crippen MR) is 96.1 cm³/mol. The topological polar surface area (TPSA) is 90.3 Å². The highest BCUT2D eigenvalue weighted by Crippen LogP contribution is 2.59. The van der Waals surface area contributed by atoms with Crippen molar-refractivity contribution in [3.8, 4) is 5.75 Å². The molecule has 3 aliphatic heterocycles. The molecule has 0 radical (unpaired) electrons. The molecule has 3 aliphatic rings. The SMILES string of the molecule is COc1ccc(C2SC3(CO)C(=O)N(C)C(CO)(S2)C(=O)N3C)cc1. The second-order valence-corrected chi connectivity index (χ2v) is 9.02. The summed E-state index contributed by atoms with van der Waals surface area (Å²) in [5.74, 6) is -0.0789. The zero-order valence-corrected chi connectivity index (χ0v) is 15.8. The van der Waals surface area contributed by atoms with E-state index < -0.39 is 23.0 Å². The van der Waals surface area contributed by atoms with E-state index >= 15 is 0 Å². The van der Waals surface area contributed by atoms with E-state index in [0.717, 1.165) is 5.56 Å². The first-order valence-electron chi connectivity index (χ1n) is 7.64. The van der Waals surface area contributed by atoms with Gasteiger partial charge < -0.3 is 24.7 Å². The lowest BCUT2D eigenvalue weighted by Crippen LogP contribution is -2.73. The average molecular weight is 384 g/mol. The van der Waals surface area contributed by atoms with Crippen molar-refractivity contribution in [2.75, 3.05) is 34.4 Å². The number of piperazine rings is 1. The molecule has 2 unspecified atom stereocenters.